The quantitative estimate of drug-likeness (QED) is 0.0294. The predicted octanol–water partition coefficient (Wildman–Crippen LogP) is 7.76. The van der Waals surface area contributed by atoms with Gasteiger partial charge in [-0.25, -0.2) is 8.42 Å². The van der Waals surface area contributed by atoms with Crippen LogP contribution in [0.2, 0.25) is 0 Å². The molecule has 28 heteroatoms. The second-order valence-electron chi connectivity index (χ2n) is 12.6. The van der Waals surface area contributed by atoms with Gasteiger partial charge in [0.15, 0.2) is 28.9 Å². The zero-order chi connectivity index (χ0) is 51.0. The fourth-order valence-corrected chi connectivity index (χ4v) is 9.32. The summed E-state index contributed by atoms with van der Waals surface area (Å²) in [5.41, 5.74) is 1.78. The minimum atomic E-state index is -3.85. The van der Waals surface area contributed by atoms with E-state index in [2.05, 4.69) is 63.1 Å². The summed E-state index contributed by atoms with van der Waals surface area (Å²) in [6.45, 7) is 6.87. The van der Waals surface area contributed by atoms with E-state index in [1.807, 2.05) is 0 Å². The van der Waals surface area contributed by atoms with Crippen molar-refractivity contribution in [2.24, 2.45) is 0 Å². The topological polar surface area (TPSA) is 280 Å². The molecule has 0 heterocycles. The average Bonchev–Trinajstić information content (AvgIpc) is 3.21. The van der Waals surface area contributed by atoms with Crippen LogP contribution in [0, 0.1) is 0 Å². The van der Waals surface area contributed by atoms with Crippen LogP contribution in [0.5, 0.6) is 0 Å². The molecule has 5 rings (SSSR count). The van der Waals surface area contributed by atoms with Gasteiger partial charge in [0, 0.05) is 82.6 Å². The van der Waals surface area contributed by atoms with Crippen LogP contribution in [0.15, 0.2) is 140 Å². The zero-order valence-electron chi connectivity index (χ0n) is 35.9. The number of carbonyl (C=O) groups is 5. The third kappa shape index (κ3) is 23.1. The molecule has 0 amide bonds. The summed E-state index contributed by atoms with van der Waals surface area (Å²) < 4.78 is 107. The molecule has 0 aromatic heterocycles. The third-order valence-corrected chi connectivity index (χ3v) is 14.7. The summed E-state index contributed by atoms with van der Waals surface area (Å²) in [6, 6.07) is 21.5. The maximum atomic E-state index is 11.0. The van der Waals surface area contributed by atoms with Crippen molar-refractivity contribution in [3.8, 4) is 0 Å². The van der Waals surface area contributed by atoms with E-state index in [4.69, 9.17) is 10.7 Å². The van der Waals surface area contributed by atoms with Gasteiger partial charge in [0.25, 0.3) is 9.05 Å². The molecule has 5 aromatic rings. The van der Waals surface area contributed by atoms with Gasteiger partial charge in [-0.2, -0.15) is 0 Å². The Morgan fingerprint density at radius 2 is 0.574 bits per heavy atom. The first-order valence-electron chi connectivity index (χ1n) is 17.4. The molecule has 0 aliphatic carbocycles. The third-order valence-electron chi connectivity index (χ3n) is 7.81. The summed E-state index contributed by atoms with van der Waals surface area (Å²) in [4.78, 5) is 56.3. The maximum absolute atomic E-state index is 11.0. The Labute approximate surface area is 460 Å². The number of hydrogen-bond donors (Lipinski definition) is 5. The van der Waals surface area contributed by atoms with Gasteiger partial charge in [0.2, 0.25) is 0 Å². The Hall–Kier alpha value is -1.87. The summed E-state index contributed by atoms with van der Waals surface area (Å²) in [6.07, 6.45) is 0. The minimum absolute atomic E-state index is 0. The molecule has 0 saturated heterocycles. The van der Waals surface area contributed by atoms with Crippen molar-refractivity contribution in [2.45, 2.75) is 83.6 Å². The normalized spacial score (nSPS) is 11.9. The van der Waals surface area contributed by atoms with E-state index in [1.165, 1.54) is 101 Å². The van der Waals surface area contributed by atoms with Crippen LogP contribution < -0.4 is 0 Å². The van der Waals surface area contributed by atoms with E-state index >= 15 is 0 Å². The Kier molecular flexibility index (Phi) is 32.3. The molecule has 5 aromatic carbocycles. The molecule has 0 aliphatic rings. The summed E-state index contributed by atoms with van der Waals surface area (Å²) in [5, 5.41) is 0. The van der Waals surface area contributed by atoms with Crippen LogP contribution in [0.1, 0.15) is 86.4 Å². The van der Waals surface area contributed by atoms with Gasteiger partial charge in [-0.1, -0.05) is 30.3 Å². The Morgan fingerprint density at radius 1 is 0.397 bits per heavy atom. The van der Waals surface area contributed by atoms with E-state index in [0.717, 1.165) is 0 Å². The Bertz CT molecular complexity index is 2590. The van der Waals surface area contributed by atoms with Crippen molar-refractivity contribution in [3.63, 3.8) is 0 Å². The van der Waals surface area contributed by atoms with E-state index in [1.54, 1.807) is 24.3 Å². The molecule has 0 N–H and O–H groups in total. The fraction of sp³-hybridized carbons (Fsp3) is 0.125. The SMILES string of the molecule is CC(=O)c1ccc(S)c(S(=O)(=O)Cl)c1.CC(=O)c1ccc(S)c(S(=O)[O-])c1.CC(=O)c1ccc(S)c(S(=O)[O-])c1.CC(=O)c1ccc(S)c(S(=O)[O-])c1.CC(=O)c1ccc(S)c(S(=O)[O-])c1.[Zn+2].[Zn+2]. The van der Waals surface area contributed by atoms with Gasteiger partial charge in [0.1, 0.15) is 0 Å². The second kappa shape index (κ2) is 32.3. The van der Waals surface area contributed by atoms with Crippen LogP contribution >= 0.6 is 73.8 Å². The van der Waals surface area contributed by atoms with E-state index in [-0.39, 0.29) is 97.2 Å². The molecule has 15 nitrogen and oxygen atoms in total. The van der Waals surface area contributed by atoms with Gasteiger partial charge < -0.3 is 18.2 Å². The van der Waals surface area contributed by atoms with Crippen molar-refractivity contribution in [1.29, 1.82) is 0 Å². The Morgan fingerprint density at radius 3 is 0.735 bits per heavy atom. The molecule has 0 spiro atoms. The molecule has 356 valence electrons. The summed E-state index contributed by atoms with van der Waals surface area (Å²) >= 11 is 10.3. The van der Waals surface area contributed by atoms with Gasteiger partial charge in [-0.3, -0.25) is 40.8 Å². The number of rotatable bonds is 10. The molecular formula is C40H35ClO15S10Zn2. The fourth-order valence-electron chi connectivity index (χ4n) is 4.39. The molecule has 0 saturated carbocycles. The Balaban J connectivity index is 0. The van der Waals surface area contributed by atoms with Crippen molar-refractivity contribution in [1.82, 2.24) is 0 Å². The number of halogens is 1. The van der Waals surface area contributed by atoms with Crippen LogP contribution in [-0.2, 0) is 92.3 Å². The number of carbonyl (C=O) groups excluding carboxylic acids is 5. The minimum Gasteiger partial charge on any atom is -0.768 e. The largest absolute Gasteiger partial charge is 2.00 e. The van der Waals surface area contributed by atoms with Crippen LogP contribution in [-0.4, -0.2) is 72.4 Å². The first kappa shape index (κ1) is 68.2. The van der Waals surface area contributed by atoms with Gasteiger partial charge in [-0.05, 0) is 140 Å². The summed E-state index contributed by atoms with van der Waals surface area (Å²) in [7, 11) is 1.31. The molecule has 0 aliphatic heterocycles. The van der Waals surface area contributed by atoms with Gasteiger partial charge in [0.05, 0.1) is 4.90 Å². The maximum Gasteiger partial charge on any atom is 2.00 e. The van der Waals surface area contributed by atoms with Crippen LogP contribution in [0.3, 0.4) is 0 Å². The van der Waals surface area contributed by atoms with E-state index in [9.17, 15) is 67.4 Å². The smallest absolute Gasteiger partial charge is 0.768 e. The van der Waals surface area contributed by atoms with Crippen molar-refractivity contribution in [3.05, 3.63) is 119 Å². The standard InChI is InChI=1S/C8H7ClO3S2.4C8H8O3S2.2Zn/c1-5(10)6-2-3-7(13)8(4-6)14(9,11)12;4*1-5(9)6-2-3-7(12)8(4-6)13(10)11;;/h2-4,13H,1H3;4*2-4,12H,1H3,(H,10,11);;/q;;;;;2*+2/p-4. The molecular weight excluding hydrogens is 1210 g/mol. The molecule has 0 radical (unpaired) electrons. The van der Waals surface area contributed by atoms with Crippen LogP contribution in [0.4, 0.5) is 0 Å². The number of benzene rings is 5. The van der Waals surface area contributed by atoms with Crippen LogP contribution in [0.25, 0.3) is 0 Å². The molecule has 0 bridgehead atoms. The van der Waals surface area contributed by atoms with Gasteiger partial charge >= 0.3 is 39.0 Å². The summed E-state index contributed by atoms with van der Waals surface area (Å²) in [5.74, 6) is -0.889. The van der Waals surface area contributed by atoms with Crippen molar-refractivity contribution in [2.75, 3.05) is 0 Å². The number of hydrogen-bond acceptors (Lipinski definition) is 20. The average molecular weight is 1240 g/mol. The van der Waals surface area contributed by atoms with E-state index in [0.29, 0.717) is 47.4 Å². The molecule has 4 unspecified atom stereocenters. The zero-order valence-corrected chi connectivity index (χ0v) is 51.1. The van der Waals surface area contributed by atoms with Gasteiger partial charge in [-0.15, -0.1) is 63.1 Å². The van der Waals surface area contributed by atoms with Crippen molar-refractivity contribution < 1.29 is 106 Å². The molecule has 0 fully saturated rings. The monoisotopic (exact) mass is 1240 g/mol. The predicted molar refractivity (Wildman–Crippen MR) is 260 cm³/mol. The first-order valence-corrected chi connectivity index (χ1v) is 26.3. The molecule has 4 atom stereocenters. The van der Waals surface area contributed by atoms with E-state index < -0.39 is 53.4 Å². The first-order chi connectivity index (χ1) is 30.4. The number of Topliss-reactive ketones (excluding diaryl/α,β-unsaturated/α-hetero) is 5. The van der Waals surface area contributed by atoms with Crippen molar-refractivity contribution >= 4 is 156 Å². The number of ketones is 5. The second-order valence-corrected chi connectivity index (χ2v) is 21.2. The number of thiol groups is 5. The molecule has 68 heavy (non-hydrogen) atoms.